The van der Waals surface area contributed by atoms with Crippen molar-refractivity contribution in [3.8, 4) is 5.75 Å². The third-order valence-electron chi connectivity index (χ3n) is 3.98. The van der Waals surface area contributed by atoms with Crippen molar-refractivity contribution in [2.24, 2.45) is 0 Å². The van der Waals surface area contributed by atoms with E-state index in [0.717, 1.165) is 5.56 Å². The monoisotopic (exact) mass is 442 g/mol. The summed E-state index contributed by atoms with van der Waals surface area (Å²) in [5.41, 5.74) is 6.31. The summed E-state index contributed by atoms with van der Waals surface area (Å²) < 4.78 is 5.55. The number of nitrogens with one attached hydrogen (secondary N) is 3. The fourth-order valence-electron chi connectivity index (χ4n) is 2.46. The number of ether oxygens (including phenoxy) is 1. The Morgan fingerprint density at radius 2 is 1.81 bits per heavy atom. The van der Waals surface area contributed by atoms with E-state index in [9.17, 15) is 19.7 Å². The molecule has 2 amide bonds. The molecule has 0 unspecified atom stereocenters. The Hall–Kier alpha value is -3.79. The Labute approximate surface area is 184 Å². The Kier molecular flexibility index (Phi) is 8.64. The lowest BCUT2D eigenvalue weighted by atomic mass is 10.0. The number of hydrazine groups is 1. The zero-order valence-corrected chi connectivity index (χ0v) is 17.8. The van der Waals surface area contributed by atoms with Crippen LogP contribution in [-0.4, -0.2) is 28.5 Å². The normalized spacial score (nSPS) is 10.5. The molecule has 3 N–H and O–H groups in total. The Balaban J connectivity index is 1.75. The second-order valence-corrected chi connectivity index (χ2v) is 7.06. The lowest BCUT2D eigenvalue weighted by molar-refractivity contribution is -0.384. The SMILES string of the molecule is CC(C)c1ccccc1OCC(=O)NNC(=S)NC(=O)/C=C/c1ccc([N+](=O)[O-])cc1. The third-order valence-corrected chi connectivity index (χ3v) is 4.19. The van der Waals surface area contributed by atoms with E-state index in [1.54, 1.807) is 6.07 Å². The van der Waals surface area contributed by atoms with E-state index < -0.39 is 16.7 Å². The summed E-state index contributed by atoms with van der Waals surface area (Å²) >= 11 is 4.95. The second-order valence-electron chi connectivity index (χ2n) is 6.65. The molecule has 0 aromatic heterocycles. The molecule has 0 saturated heterocycles. The highest BCUT2D eigenvalue weighted by Gasteiger charge is 2.10. The number of benzene rings is 2. The van der Waals surface area contributed by atoms with E-state index in [1.807, 2.05) is 32.0 Å². The maximum Gasteiger partial charge on any atom is 0.276 e. The van der Waals surface area contributed by atoms with E-state index in [2.05, 4.69) is 16.2 Å². The van der Waals surface area contributed by atoms with Gasteiger partial charge in [-0.2, -0.15) is 0 Å². The molecule has 0 atom stereocenters. The standard InChI is InChI=1S/C21H22N4O5S/c1-14(2)17-5-3-4-6-18(17)30-13-20(27)23-24-21(31)22-19(26)12-9-15-7-10-16(11-8-15)25(28)29/h3-12,14H,13H2,1-2H3,(H,23,27)(H2,22,24,26,31)/b12-9+. The highest BCUT2D eigenvalue weighted by Crippen LogP contribution is 2.25. The van der Waals surface area contributed by atoms with Crippen molar-refractivity contribution in [3.05, 3.63) is 75.8 Å². The molecule has 0 aliphatic heterocycles. The van der Waals surface area contributed by atoms with E-state index in [-0.39, 0.29) is 23.3 Å². The summed E-state index contributed by atoms with van der Waals surface area (Å²) in [6.45, 7) is 3.83. The van der Waals surface area contributed by atoms with Gasteiger partial charge < -0.3 is 4.74 Å². The molecule has 2 rings (SSSR count). The largest absolute Gasteiger partial charge is 0.483 e. The van der Waals surface area contributed by atoms with Gasteiger partial charge >= 0.3 is 0 Å². The van der Waals surface area contributed by atoms with Gasteiger partial charge in [0.05, 0.1) is 4.92 Å². The van der Waals surface area contributed by atoms with Gasteiger partial charge in [0.1, 0.15) is 5.75 Å². The fourth-order valence-corrected chi connectivity index (χ4v) is 2.61. The zero-order valence-electron chi connectivity index (χ0n) is 17.0. The predicted molar refractivity (Wildman–Crippen MR) is 120 cm³/mol. The number of hydrogen-bond acceptors (Lipinski definition) is 6. The Morgan fingerprint density at radius 3 is 2.45 bits per heavy atom. The van der Waals surface area contributed by atoms with Gasteiger partial charge in [0.15, 0.2) is 11.7 Å². The topological polar surface area (TPSA) is 123 Å². The number of nitro groups is 1. The number of carbonyl (C=O) groups excluding carboxylic acids is 2. The van der Waals surface area contributed by atoms with E-state index in [1.165, 1.54) is 36.4 Å². The van der Waals surface area contributed by atoms with Crippen molar-refractivity contribution in [1.29, 1.82) is 0 Å². The van der Waals surface area contributed by atoms with Gasteiger partial charge in [-0.1, -0.05) is 32.0 Å². The van der Waals surface area contributed by atoms with Crippen LogP contribution >= 0.6 is 12.2 Å². The van der Waals surface area contributed by atoms with Gasteiger partial charge in [-0.05, 0) is 53.5 Å². The molecule has 0 heterocycles. The zero-order chi connectivity index (χ0) is 22.8. The maximum absolute atomic E-state index is 11.9. The number of amides is 2. The Morgan fingerprint density at radius 1 is 1.13 bits per heavy atom. The molecule has 2 aromatic carbocycles. The summed E-state index contributed by atoms with van der Waals surface area (Å²) in [6.07, 6.45) is 2.68. The molecule has 162 valence electrons. The lowest BCUT2D eigenvalue weighted by Gasteiger charge is -2.14. The van der Waals surface area contributed by atoms with Crippen LogP contribution in [0.2, 0.25) is 0 Å². The molecule has 0 fully saturated rings. The first kappa shape index (κ1) is 23.5. The number of hydrogen-bond donors (Lipinski definition) is 3. The van der Waals surface area contributed by atoms with Crippen LogP contribution in [0.3, 0.4) is 0 Å². The van der Waals surface area contributed by atoms with Crippen molar-refractivity contribution in [1.82, 2.24) is 16.2 Å². The van der Waals surface area contributed by atoms with Crippen molar-refractivity contribution in [2.45, 2.75) is 19.8 Å². The van der Waals surface area contributed by atoms with Crippen LogP contribution in [-0.2, 0) is 9.59 Å². The molecular formula is C21H22N4O5S. The first-order valence-electron chi connectivity index (χ1n) is 9.30. The molecule has 0 aliphatic carbocycles. The minimum absolute atomic E-state index is 0.0422. The van der Waals surface area contributed by atoms with Gasteiger partial charge in [0.2, 0.25) is 5.91 Å². The maximum atomic E-state index is 11.9. The van der Waals surface area contributed by atoms with Crippen LogP contribution in [0.4, 0.5) is 5.69 Å². The molecule has 0 radical (unpaired) electrons. The van der Waals surface area contributed by atoms with Gasteiger partial charge in [-0.15, -0.1) is 0 Å². The van der Waals surface area contributed by atoms with Crippen LogP contribution in [0.25, 0.3) is 6.08 Å². The molecule has 0 bridgehead atoms. The summed E-state index contributed by atoms with van der Waals surface area (Å²) in [7, 11) is 0. The first-order valence-corrected chi connectivity index (χ1v) is 9.71. The average Bonchev–Trinajstić information content (AvgIpc) is 2.75. The summed E-state index contributed by atoms with van der Waals surface area (Å²) in [5.74, 6) is -0.136. The number of carbonyl (C=O) groups is 2. The van der Waals surface area contributed by atoms with E-state index in [4.69, 9.17) is 17.0 Å². The smallest absolute Gasteiger partial charge is 0.276 e. The van der Waals surface area contributed by atoms with Crippen LogP contribution in [0.5, 0.6) is 5.75 Å². The van der Waals surface area contributed by atoms with Crippen LogP contribution in [0.15, 0.2) is 54.6 Å². The minimum Gasteiger partial charge on any atom is -0.483 e. The summed E-state index contributed by atoms with van der Waals surface area (Å²) in [5, 5.41) is 12.9. The number of nitrogens with zero attached hydrogens (tertiary/aromatic N) is 1. The van der Waals surface area contributed by atoms with Crippen molar-refractivity contribution >= 4 is 40.9 Å². The number of nitro benzene ring substituents is 1. The van der Waals surface area contributed by atoms with E-state index >= 15 is 0 Å². The molecule has 0 spiro atoms. The highest BCUT2D eigenvalue weighted by molar-refractivity contribution is 7.80. The molecule has 10 heteroatoms. The fraction of sp³-hybridized carbons (Fsp3) is 0.190. The van der Waals surface area contributed by atoms with Gasteiger partial charge in [-0.3, -0.25) is 35.9 Å². The van der Waals surface area contributed by atoms with Crippen molar-refractivity contribution in [2.75, 3.05) is 6.61 Å². The number of thiocarbonyl (C=S) groups is 1. The molecule has 0 saturated carbocycles. The van der Waals surface area contributed by atoms with Crippen molar-refractivity contribution in [3.63, 3.8) is 0 Å². The third kappa shape index (κ3) is 7.86. The number of para-hydroxylation sites is 1. The summed E-state index contributed by atoms with van der Waals surface area (Å²) in [4.78, 5) is 33.9. The number of rotatable bonds is 7. The van der Waals surface area contributed by atoms with Crippen molar-refractivity contribution < 1.29 is 19.2 Å². The van der Waals surface area contributed by atoms with Gasteiger partial charge in [0.25, 0.3) is 11.6 Å². The van der Waals surface area contributed by atoms with E-state index in [0.29, 0.717) is 11.3 Å². The quantitative estimate of drug-likeness (QED) is 0.261. The molecule has 0 aliphatic rings. The molecule has 31 heavy (non-hydrogen) atoms. The first-order chi connectivity index (χ1) is 14.8. The van der Waals surface area contributed by atoms with Gasteiger partial charge in [-0.25, -0.2) is 0 Å². The summed E-state index contributed by atoms with van der Waals surface area (Å²) in [6, 6.07) is 13.1. The molecule has 9 nitrogen and oxygen atoms in total. The van der Waals surface area contributed by atoms with Crippen LogP contribution in [0, 0.1) is 10.1 Å². The van der Waals surface area contributed by atoms with Gasteiger partial charge in [0, 0.05) is 18.2 Å². The number of non-ortho nitro benzene ring substituents is 1. The van der Waals surface area contributed by atoms with Crippen LogP contribution < -0.4 is 20.9 Å². The average molecular weight is 442 g/mol. The molecular weight excluding hydrogens is 420 g/mol. The minimum atomic E-state index is -0.535. The lowest BCUT2D eigenvalue weighted by Crippen LogP contribution is -2.49. The van der Waals surface area contributed by atoms with Crippen LogP contribution in [0.1, 0.15) is 30.9 Å². The highest BCUT2D eigenvalue weighted by atomic mass is 32.1. The second kappa shape index (κ2) is 11.4. The predicted octanol–water partition coefficient (Wildman–Crippen LogP) is 2.83. The molecule has 2 aromatic rings. The Bertz CT molecular complexity index is 990.